The normalized spacial score (nSPS) is 15.1. The van der Waals surface area contributed by atoms with Gasteiger partial charge < -0.3 is 9.80 Å². The van der Waals surface area contributed by atoms with Gasteiger partial charge in [-0.3, -0.25) is 4.98 Å². The van der Waals surface area contributed by atoms with Crippen molar-refractivity contribution in [2.45, 2.75) is 26.7 Å². The van der Waals surface area contributed by atoms with Gasteiger partial charge in [0.25, 0.3) is 0 Å². The maximum Gasteiger partial charge on any atom is 0.180 e. The van der Waals surface area contributed by atoms with Crippen molar-refractivity contribution in [1.29, 1.82) is 0 Å². The van der Waals surface area contributed by atoms with E-state index < -0.39 is 0 Å². The van der Waals surface area contributed by atoms with Crippen molar-refractivity contribution in [3.8, 4) is 0 Å². The van der Waals surface area contributed by atoms with E-state index in [9.17, 15) is 0 Å². The van der Waals surface area contributed by atoms with Gasteiger partial charge in [-0.15, -0.1) is 0 Å². The van der Waals surface area contributed by atoms with Crippen LogP contribution in [0.1, 0.15) is 31.3 Å². The summed E-state index contributed by atoms with van der Waals surface area (Å²) in [4.78, 5) is 27.2. The summed E-state index contributed by atoms with van der Waals surface area (Å²) in [7, 11) is 0. The van der Waals surface area contributed by atoms with E-state index in [4.69, 9.17) is 4.98 Å². The van der Waals surface area contributed by atoms with Crippen molar-refractivity contribution in [1.82, 2.24) is 24.9 Å². The number of pyridine rings is 1. The molecular formula is C19H23N7. The Kier molecular flexibility index (Phi) is 4.36. The van der Waals surface area contributed by atoms with Crippen LogP contribution in [0.25, 0.3) is 11.2 Å². The van der Waals surface area contributed by atoms with Crippen LogP contribution in [0.5, 0.6) is 0 Å². The molecule has 3 aromatic rings. The standard InChI is InChI=1S/C19H23N7/c1-13(2)18-22-14(3)12-17(24-18)26-10-8-25(9-11-26)16-5-4-15-19(23-16)21-7-6-20-15/h4-7,12-13H,8-11H2,1-3H3. The van der Waals surface area contributed by atoms with Crippen LogP contribution in [0.15, 0.2) is 30.6 Å². The molecular weight excluding hydrogens is 326 g/mol. The molecule has 7 heteroatoms. The summed E-state index contributed by atoms with van der Waals surface area (Å²) in [6.45, 7) is 9.92. The molecule has 4 rings (SSSR count). The van der Waals surface area contributed by atoms with Crippen LogP contribution in [0, 0.1) is 6.92 Å². The van der Waals surface area contributed by atoms with Gasteiger partial charge in [0.2, 0.25) is 0 Å². The fourth-order valence-electron chi connectivity index (χ4n) is 3.18. The Bertz CT molecular complexity index is 917. The van der Waals surface area contributed by atoms with Gasteiger partial charge in [0, 0.05) is 56.3 Å². The molecule has 0 aliphatic carbocycles. The molecule has 1 fully saturated rings. The maximum absolute atomic E-state index is 4.76. The second-order valence-electron chi connectivity index (χ2n) is 6.92. The van der Waals surface area contributed by atoms with Gasteiger partial charge >= 0.3 is 0 Å². The quantitative estimate of drug-likeness (QED) is 0.719. The first-order valence-corrected chi connectivity index (χ1v) is 9.03. The first-order chi connectivity index (χ1) is 12.6. The Hall–Kier alpha value is -2.83. The summed E-state index contributed by atoms with van der Waals surface area (Å²) >= 11 is 0. The lowest BCUT2D eigenvalue weighted by atomic mass is 10.2. The summed E-state index contributed by atoms with van der Waals surface area (Å²) in [5.41, 5.74) is 2.55. The van der Waals surface area contributed by atoms with Gasteiger partial charge in [0.15, 0.2) is 5.65 Å². The molecule has 0 radical (unpaired) electrons. The van der Waals surface area contributed by atoms with Crippen LogP contribution in [-0.2, 0) is 0 Å². The van der Waals surface area contributed by atoms with Crippen LogP contribution in [0.4, 0.5) is 11.6 Å². The molecule has 0 spiro atoms. The summed E-state index contributed by atoms with van der Waals surface area (Å²) in [6, 6.07) is 6.09. The largest absolute Gasteiger partial charge is 0.353 e. The third kappa shape index (κ3) is 3.29. The van der Waals surface area contributed by atoms with Gasteiger partial charge in [-0.1, -0.05) is 13.8 Å². The molecule has 1 aliphatic rings. The van der Waals surface area contributed by atoms with E-state index in [0.29, 0.717) is 11.6 Å². The molecule has 0 amide bonds. The Labute approximate surface area is 153 Å². The highest BCUT2D eigenvalue weighted by molar-refractivity contribution is 5.71. The highest BCUT2D eigenvalue weighted by atomic mass is 15.3. The molecule has 4 heterocycles. The first kappa shape index (κ1) is 16.6. The first-order valence-electron chi connectivity index (χ1n) is 9.03. The lowest BCUT2D eigenvalue weighted by Crippen LogP contribution is -2.47. The minimum atomic E-state index is 0.331. The molecule has 0 unspecified atom stereocenters. The van der Waals surface area contributed by atoms with Crippen LogP contribution in [0.3, 0.4) is 0 Å². The van der Waals surface area contributed by atoms with Gasteiger partial charge in [-0.2, -0.15) is 0 Å². The second-order valence-corrected chi connectivity index (χ2v) is 6.92. The zero-order chi connectivity index (χ0) is 18.1. The van der Waals surface area contributed by atoms with Crippen LogP contribution in [0.2, 0.25) is 0 Å². The summed E-state index contributed by atoms with van der Waals surface area (Å²) < 4.78 is 0. The fourth-order valence-corrected chi connectivity index (χ4v) is 3.18. The number of aromatic nitrogens is 5. The van der Waals surface area contributed by atoms with Gasteiger partial charge in [-0.25, -0.2) is 19.9 Å². The van der Waals surface area contributed by atoms with Crippen molar-refractivity contribution in [3.05, 3.63) is 42.1 Å². The van der Waals surface area contributed by atoms with E-state index in [1.54, 1.807) is 12.4 Å². The van der Waals surface area contributed by atoms with E-state index in [-0.39, 0.29) is 0 Å². The zero-order valence-electron chi connectivity index (χ0n) is 15.4. The monoisotopic (exact) mass is 349 g/mol. The molecule has 134 valence electrons. The van der Waals surface area contributed by atoms with E-state index in [1.165, 1.54) is 0 Å². The van der Waals surface area contributed by atoms with Crippen molar-refractivity contribution < 1.29 is 0 Å². The predicted octanol–water partition coefficient (Wildman–Crippen LogP) is 2.57. The van der Waals surface area contributed by atoms with E-state index in [2.05, 4.69) is 49.6 Å². The summed E-state index contributed by atoms with van der Waals surface area (Å²) in [6.07, 6.45) is 3.37. The zero-order valence-corrected chi connectivity index (χ0v) is 15.4. The Morgan fingerprint density at radius 2 is 1.54 bits per heavy atom. The molecule has 0 atom stereocenters. The molecule has 0 N–H and O–H groups in total. The smallest absolute Gasteiger partial charge is 0.180 e. The SMILES string of the molecule is Cc1cc(N2CCN(c3ccc4nccnc4n3)CC2)nc(C(C)C)n1. The Morgan fingerprint density at radius 3 is 2.27 bits per heavy atom. The highest BCUT2D eigenvalue weighted by Gasteiger charge is 2.20. The van der Waals surface area contributed by atoms with Crippen molar-refractivity contribution in [3.63, 3.8) is 0 Å². The molecule has 3 aromatic heterocycles. The number of rotatable bonds is 3. The van der Waals surface area contributed by atoms with Gasteiger partial charge in [-0.05, 0) is 19.1 Å². The molecule has 1 aliphatic heterocycles. The third-order valence-corrected chi connectivity index (χ3v) is 4.62. The van der Waals surface area contributed by atoms with Crippen LogP contribution >= 0.6 is 0 Å². The lowest BCUT2D eigenvalue weighted by Gasteiger charge is -2.36. The second kappa shape index (κ2) is 6.82. The van der Waals surface area contributed by atoms with Crippen molar-refractivity contribution >= 4 is 22.8 Å². The minimum absolute atomic E-state index is 0.331. The fraction of sp³-hybridized carbons (Fsp3) is 0.421. The van der Waals surface area contributed by atoms with E-state index in [1.807, 2.05) is 19.1 Å². The molecule has 0 aromatic carbocycles. The number of piperazine rings is 1. The Morgan fingerprint density at radius 1 is 0.846 bits per heavy atom. The molecule has 7 nitrogen and oxygen atoms in total. The number of hydrogen-bond donors (Lipinski definition) is 0. The predicted molar refractivity (Wildman–Crippen MR) is 103 cm³/mol. The lowest BCUT2D eigenvalue weighted by molar-refractivity contribution is 0.636. The number of nitrogens with zero attached hydrogens (tertiary/aromatic N) is 7. The molecule has 26 heavy (non-hydrogen) atoms. The van der Waals surface area contributed by atoms with Crippen LogP contribution in [-0.4, -0.2) is 51.1 Å². The van der Waals surface area contributed by atoms with Crippen LogP contribution < -0.4 is 9.80 Å². The van der Waals surface area contributed by atoms with E-state index >= 15 is 0 Å². The highest BCUT2D eigenvalue weighted by Crippen LogP contribution is 2.21. The number of aryl methyl sites for hydroxylation is 1. The number of anilines is 2. The van der Waals surface area contributed by atoms with Gasteiger partial charge in [0.05, 0.1) is 0 Å². The van der Waals surface area contributed by atoms with Crippen molar-refractivity contribution in [2.24, 2.45) is 0 Å². The minimum Gasteiger partial charge on any atom is -0.353 e. The third-order valence-electron chi connectivity index (χ3n) is 4.62. The summed E-state index contributed by atoms with van der Waals surface area (Å²) in [5, 5.41) is 0. The molecule has 1 saturated heterocycles. The molecule has 0 saturated carbocycles. The van der Waals surface area contributed by atoms with Crippen molar-refractivity contribution in [2.75, 3.05) is 36.0 Å². The van der Waals surface area contributed by atoms with Gasteiger partial charge in [0.1, 0.15) is 23.0 Å². The average Bonchev–Trinajstić information content (AvgIpc) is 2.67. The Balaban J connectivity index is 1.50. The summed E-state index contributed by atoms with van der Waals surface area (Å²) in [5.74, 6) is 3.23. The molecule has 0 bridgehead atoms. The average molecular weight is 349 g/mol. The maximum atomic E-state index is 4.76. The number of hydrogen-bond acceptors (Lipinski definition) is 7. The topological polar surface area (TPSA) is 70.9 Å². The number of fused-ring (bicyclic) bond motifs is 1. The van der Waals surface area contributed by atoms with E-state index in [0.717, 1.165) is 54.8 Å².